The van der Waals surface area contributed by atoms with Crippen LogP contribution in [-0.4, -0.2) is 15.7 Å². The van der Waals surface area contributed by atoms with E-state index >= 15 is 0 Å². The van der Waals surface area contributed by atoms with Crippen LogP contribution in [-0.2, 0) is 0 Å². The third-order valence-corrected chi connectivity index (χ3v) is 3.56. The Hall–Kier alpha value is -1.84. The number of anilines is 1. The van der Waals surface area contributed by atoms with Crippen LogP contribution in [0.3, 0.4) is 0 Å². The SMILES string of the molecule is CC1CCC(=NNc2nc3ccccc3[nH]2)CC1. The van der Waals surface area contributed by atoms with Crippen molar-refractivity contribution in [2.24, 2.45) is 11.0 Å². The van der Waals surface area contributed by atoms with Gasteiger partial charge in [0.15, 0.2) is 0 Å². The molecule has 1 aliphatic rings. The number of fused-ring (bicyclic) bond motifs is 1. The highest BCUT2D eigenvalue weighted by atomic mass is 15.4. The highest BCUT2D eigenvalue weighted by Gasteiger charge is 2.13. The van der Waals surface area contributed by atoms with E-state index in [4.69, 9.17) is 0 Å². The fourth-order valence-corrected chi connectivity index (χ4v) is 2.34. The molecule has 1 aromatic heterocycles. The molecule has 0 amide bonds. The number of imidazole rings is 1. The van der Waals surface area contributed by atoms with Crippen LogP contribution in [0, 0.1) is 5.92 Å². The third kappa shape index (κ3) is 2.37. The van der Waals surface area contributed by atoms with Crippen LogP contribution >= 0.6 is 0 Å². The van der Waals surface area contributed by atoms with Gasteiger partial charge in [-0.3, -0.25) is 0 Å². The zero-order valence-corrected chi connectivity index (χ0v) is 10.6. The maximum atomic E-state index is 4.46. The summed E-state index contributed by atoms with van der Waals surface area (Å²) in [4.78, 5) is 7.65. The molecule has 1 aliphatic carbocycles. The first-order chi connectivity index (χ1) is 8.81. The monoisotopic (exact) mass is 242 g/mol. The number of aromatic amines is 1. The summed E-state index contributed by atoms with van der Waals surface area (Å²) in [5.74, 6) is 1.57. The van der Waals surface area contributed by atoms with Crippen LogP contribution in [0.1, 0.15) is 32.6 Å². The highest BCUT2D eigenvalue weighted by Crippen LogP contribution is 2.21. The molecule has 1 aromatic carbocycles. The molecule has 2 N–H and O–H groups in total. The lowest BCUT2D eigenvalue weighted by molar-refractivity contribution is 0.483. The number of hydrogen-bond donors (Lipinski definition) is 2. The van der Waals surface area contributed by atoms with Gasteiger partial charge in [-0.25, -0.2) is 10.4 Å². The maximum Gasteiger partial charge on any atom is 0.222 e. The second kappa shape index (κ2) is 4.80. The summed E-state index contributed by atoms with van der Waals surface area (Å²) < 4.78 is 0. The van der Waals surface area contributed by atoms with Crippen molar-refractivity contribution in [2.45, 2.75) is 32.6 Å². The van der Waals surface area contributed by atoms with Gasteiger partial charge < -0.3 is 4.98 Å². The predicted molar refractivity (Wildman–Crippen MR) is 74.8 cm³/mol. The van der Waals surface area contributed by atoms with Crippen molar-refractivity contribution in [3.8, 4) is 0 Å². The van der Waals surface area contributed by atoms with Crippen molar-refractivity contribution in [3.05, 3.63) is 24.3 Å². The van der Waals surface area contributed by atoms with Gasteiger partial charge in [0, 0.05) is 5.71 Å². The topological polar surface area (TPSA) is 53.1 Å². The maximum absolute atomic E-state index is 4.46. The highest BCUT2D eigenvalue weighted by molar-refractivity contribution is 5.86. The Kier molecular flexibility index (Phi) is 3.00. The molecule has 94 valence electrons. The minimum absolute atomic E-state index is 0.724. The fraction of sp³-hybridized carbons (Fsp3) is 0.429. The summed E-state index contributed by atoms with van der Waals surface area (Å²) in [6.45, 7) is 2.31. The number of H-pyrrole nitrogens is 1. The van der Waals surface area contributed by atoms with Crippen molar-refractivity contribution in [1.29, 1.82) is 0 Å². The molecule has 4 heteroatoms. The average Bonchev–Trinajstić information content (AvgIpc) is 2.81. The largest absolute Gasteiger partial charge is 0.323 e. The van der Waals surface area contributed by atoms with Gasteiger partial charge in [0.25, 0.3) is 0 Å². The standard InChI is InChI=1S/C14H18N4/c1-10-6-8-11(9-7-10)17-18-14-15-12-4-2-3-5-13(12)16-14/h2-5,10H,6-9H2,1H3,(H2,15,16,18). The molecule has 0 bridgehead atoms. The first kappa shape index (κ1) is 11.3. The van der Waals surface area contributed by atoms with Gasteiger partial charge in [0.2, 0.25) is 5.95 Å². The molecule has 4 nitrogen and oxygen atoms in total. The number of nitrogens with one attached hydrogen (secondary N) is 2. The Morgan fingerprint density at radius 2 is 2.06 bits per heavy atom. The Bertz CT molecular complexity index is 527. The molecule has 0 aliphatic heterocycles. The molecular weight excluding hydrogens is 224 g/mol. The van der Waals surface area contributed by atoms with Crippen LogP contribution in [0.15, 0.2) is 29.4 Å². The van der Waals surface area contributed by atoms with E-state index in [0.717, 1.165) is 35.7 Å². The number of hydrogen-bond acceptors (Lipinski definition) is 3. The van der Waals surface area contributed by atoms with E-state index in [1.165, 1.54) is 18.6 Å². The lowest BCUT2D eigenvalue weighted by atomic mass is 9.90. The van der Waals surface area contributed by atoms with Crippen LogP contribution < -0.4 is 5.43 Å². The number of rotatable bonds is 2. The van der Waals surface area contributed by atoms with Crippen LogP contribution in [0.25, 0.3) is 11.0 Å². The molecule has 0 radical (unpaired) electrons. The molecule has 0 unspecified atom stereocenters. The Morgan fingerprint density at radius 3 is 2.83 bits per heavy atom. The Morgan fingerprint density at radius 1 is 1.28 bits per heavy atom. The molecule has 1 fully saturated rings. The molecule has 2 aromatic rings. The van der Waals surface area contributed by atoms with E-state index in [-0.39, 0.29) is 0 Å². The van der Waals surface area contributed by atoms with Gasteiger partial charge in [-0.05, 0) is 43.7 Å². The molecule has 3 rings (SSSR count). The molecule has 18 heavy (non-hydrogen) atoms. The fourth-order valence-electron chi connectivity index (χ4n) is 2.34. The van der Waals surface area contributed by atoms with Crippen molar-refractivity contribution in [2.75, 3.05) is 5.43 Å². The number of nitrogens with zero attached hydrogens (tertiary/aromatic N) is 2. The summed E-state index contributed by atoms with van der Waals surface area (Å²) in [6, 6.07) is 8.00. The summed E-state index contributed by atoms with van der Waals surface area (Å²) in [5.41, 5.74) is 6.31. The van der Waals surface area contributed by atoms with E-state index in [2.05, 4.69) is 27.4 Å². The zero-order valence-electron chi connectivity index (χ0n) is 10.6. The van der Waals surface area contributed by atoms with Gasteiger partial charge in [0.05, 0.1) is 11.0 Å². The van der Waals surface area contributed by atoms with Gasteiger partial charge in [0.1, 0.15) is 0 Å². The van der Waals surface area contributed by atoms with Gasteiger partial charge in [-0.15, -0.1) is 0 Å². The smallest absolute Gasteiger partial charge is 0.222 e. The second-order valence-corrected chi connectivity index (χ2v) is 5.07. The molecule has 1 heterocycles. The van der Waals surface area contributed by atoms with Crippen LogP contribution in [0.4, 0.5) is 5.95 Å². The summed E-state index contributed by atoms with van der Waals surface area (Å²) in [5, 5.41) is 4.46. The molecule has 0 saturated heterocycles. The lowest BCUT2D eigenvalue weighted by Crippen LogP contribution is -2.13. The Labute approximate surface area is 107 Å². The third-order valence-electron chi connectivity index (χ3n) is 3.56. The molecular formula is C14H18N4. The average molecular weight is 242 g/mol. The number of benzene rings is 1. The van der Waals surface area contributed by atoms with E-state index in [0.29, 0.717) is 0 Å². The number of para-hydroxylation sites is 2. The second-order valence-electron chi connectivity index (χ2n) is 5.07. The minimum Gasteiger partial charge on any atom is -0.323 e. The van der Waals surface area contributed by atoms with Gasteiger partial charge in [-0.1, -0.05) is 19.1 Å². The van der Waals surface area contributed by atoms with Gasteiger partial charge in [-0.2, -0.15) is 5.10 Å². The molecule has 0 atom stereocenters. The summed E-state index contributed by atoms with van der Waals surface area (Å²) >= 11 is 0. The predicted octanol–water partition coefficient (Wildman–Crippen LogP) is 3.54. The van der Waals surface area contributed by atoms with Crippen LogP contribution in [0.2, 0.25) is 0 Å². The first-order valence-corrected chi connectivity index (χ1v) is 6.57. The van der Waals surface area contributed by atoms with Crippen molar-refractivity contribution < 1.29 is 0 Å². The first-order valence-electron chi connectivity index (χ1n) is 6.57. The Balaban J connectivity index is 1.71. The van der Waals surface area contributed by atoms with Crippen molar-refractivity contribution in [3.63, 3.8) is 0 Å². The van der Waals surface area contributed by atoms with Gasteiger partial charge >= 0.3 is 0 Å². The summed E-state index contributed by atoms with van der Waals surface area (Å²) in [6.07, 6.45) is 4.71. The van der Waals surface area contributed by atoms with E-state index in [1.54, 1.807) is 0 Å². The molecule has 1 saturated carbocycles. The quantitative estimate of drug-likeness (QED) is 0.791. The lowest BCUT2D eigenvalue weighted by Gasteiger charge is -2.18. The minimum atomic E-state index is 0.724. The van der Waals surface area contributed by atoms with Crippen molar-refractivity contribution in [1.82, 2.24) is 9.97 Å². The van der Waals surface area contributed by atoms with Crippen LogP contribution in [0.5, 0.6) is 0 Å². The van der Waals surface area contributed by atoms with Crippen molar-refractivity contribution >= 4 is 22.7 Å². The number of hydrazone groups is 1. The zero-order chi connectivity index (χ0) is 12.4. The van der Waals surface area contributed by atoms with E-state index < -0.39 is 0 Å². The summed E-state index contributed by atoms with van der Waals surface area (Å²) in [7, 11) is 0. The van der Waals surface area contributed by atoms with E-state index in [1.807, 2.05) is 24.3 Å². The number of aromatic nitrogens is 2. The normalized spacial score (nSPS) is 20.1. The molecule has 0 spiro atoms. The van der Waals surface area contributed by atoms with E-state index in [9.17, 15) is 0 Å².